The van der Waals surface area contributed by atoms with Crippen molar-refractivity contribution in [3.63, 3.8) is 0 Å². The normalized spacial score (nSPS) is 21.8. The minimum absolute atomic E-state index is 0.194. The summed E-state index contributed by atoms with van der Waals surface area (Å²) in [6, 6.07) is 6.02. The van der Waals surface area contributed by atoms with Crippen LogP contribution in [0.15, 0.2) is 30.6 Å². The number of hydrogen-bond acceptors (Lipinski definition) is 4. The highest BCUT2D eigenvalue weighted by molar-refractivity contribution is 7.14. The molecule has 2 aromatic heterocycles. The number of piperidine rings is 1. The Hall–Kier alpha value is -1.66. The highest BCUT2D eigenvalue weighted by Gasteiger charge is 2.26. The molecule has 4 rings (SSSR count). The summed E-state index contributed by atoms with van der Waals surface area (Å²) in [5.74, 6) is 0.888. The number of carbonyl (C=O) groups excluding carboxylic acids is 1. The number of carbonyl (C=O) groups is 1. The second-order valence-corrected chi connectivity index (χ2v) is 8.11. The summed E-state index contributed by atoms with van der Waals surface area (Å²) >= 11 is 1.61. The minimum atomic E-state index is 0.194. The fourth-order valence-electron chi connectivity index (χ4n) is 3.77. The largest absolute Gasteiger partial charge is 0.373 e. The molecule has 0 bridgehead atoms. The molecule has 0 unspecified atom stereocenters. The van der Waals surface area contributed by atoms with Crippen LogP contribution in [0.2, 0.25) is 0 Å². The van der Waals surface area contributed by atoms with E-state index in [1.807, 2.05) is 34.1 Å². The summed E-state index contributed by atoms with van der Waals surface area (Å²) in [5.41, 5.74) is 0. The lowest BCUT2D eigenvalue weighted by Crippen LogP contribution is -2.38. The molecule has 0 saturated carbocycles. The second kappa shape index (κ2) is 7.70. The molecular weight excluding hydrogens is 334 g/mol. The maximum atomic E-state index is 12.8. The van der Waals surface area contributed by atoms with Gasteiger partial charge < -0.3 is 9.64 Å². The molecule has 0 radical (unpaired) electrons. The van der Waals surface area contributed by atoms with E-state index in [4.69, 9.17) is 4.74 Å². The molecule has 2 fully saturated rings. The number of amides is 1. The van der Waals surface area contributed by atoms with Crippen LogP contribution in [0.3, 0.4) is 0 Å². The highest BCUT2D eigenvalue weighted by Crippen LogP contribution is 2.34. The van der Waals surface area contributed by atoms with Crippen LogP contribution < -0.4 is 0 Å². The predicted molar refractivity (Wildman–Crippen MR) is 97.7 cm³/mol. The first-order valence-corrected chi connectivity index (χ1v) is 10.1. The lowest BCUT2D eigenvalue weighted by atomic mass is 9.93. The maximum absolute atomic E-state index is 12.8. The van der Waals surface area contributed by atoms with Gasteiger partial charge in [-0.15, -0.1) is 11.3 Å². The third-order valence-electron chi connectivity index (χ3n) is 5.31. The molecule has 5 nitrogen and oxygen atoms in total. The van der Waals surface area contributed by atoms with Crippen LogP contribution in [0.25, 0.3) is 0 Å². The van der Waals surface area contributed by atoms with Crippen LogP contribution in [-0.2, 0) is 11.3 Å². The van der Waals surface area contributed by atoms with E-state index in [1.165, 1.54) is 4.88 Å². The quantitative estimate of drug-likeness (QED) is 0.817. The molecule has 0 aliphatic carbocycles. The summed E-state index contributed by atoms with van der Waals surface area (Å²) < 4.78 is 7.72. The Morgan fingerprint density at radius 1 is 1.28 bits per heavy atom. The number of aromatic nitrogens is 2. The highest BCUT2D eigenvalue weighted by atomic mass is 32.1. The van der Waals surface area contributed by atoms with Gasteiger partial charge in [0.2, 0.25) is 0 Å². The Kier molecular flexibility index (Phi) is 5.17. The molecule has 1 amide bonds. The molecule has 0 spiro atoms. The van der Waals surface area contributed by atoms with Gasteiger partial charge >= 0.3 is 0 Å². The maximum Gasteiger partial charge on any atom is 0.263 e. The fraction of sp³-hybridized carbons (Fsp3) is 0.579. The van der Waals surface area contributed by atoms with Crippen molar-refractivity contribution in [1.82, 2.24) is 14.7 Å². The van der Waals surface area contributed by atoms with Gasteiger partial charge in [-0.3, -0.25) is 9.48 Å². The van der Waals surface area contributed by atoms with Gasteiger partial charge in [0.1, 0.15) is 0 Å². The standard InChI is InChI=1S/C19H25N3O2S/c23-19(18-5-4-17(25-18)16-3-1-14-24-16)21-11-6-15(7-12-21)8-13-22-10-2-9-20-22/h2,4-5,9-10,15-16H,1,3,6-8,11-14H2/t16-/m1/s1. The topological polar surface area (TPSA) is 47.4 Å². The van der Waals surface area contributed by atoms with Crippen LogP contribution in [0, 0.1) is 5.92 Å². The summed E-state index contributed by atoms with van der Waals surface area (Å²) in [7, 11) is 0. The number of ether oxygens (including phenoxy) is 1. The molecule has 4 heterocycles. The van der Waals surface area contributed by atoms with Crippen molar-refractivity contribution in [2.45, 2.75) is 44.8 Å². The van der Waals surface area contributed by atoms with E-state index in [-0.39, 0.29) is 12.0 Å². The van der Waals surface area contributed by atoms with Crippen molar-refractivity contribution in [3.05, 3.63) is 40.3 Å². The van der Waals surface area contributed by atoms with E-state index in [1.54, 1.807) is 11.3 Å². The molecule has 2 aliphatic heterocycles. The van der Waals surface area contributed by atoms with Gasteiger partial charge in [0.15, 0.2) is 0 Å². The third-order valence-corrected chi connectivity index (χ3v) is 6.48. The zero-order chi connectivity index (χ0) is 17.1. The molecule has 2 aromatic rings. The predicted octanol–water partition coefficient (Wildman–Crippen LogP) is 3.74. The van der Waals surface area contributed by atoms with E-state index in [0.717, 1.165) is 63.2 Å². The van der Waals surface area contributed by atoms with Gasteiger partial charge in [0.25, 0.3) is 5.91 Å². The first kappa shape index (κ1) is 16.8. The van der Waals surface area contributed by atoms with Crippen molar-refractivity contribution in [2.24, 2.45) is 5.92 Å². The third kappa shape index (κ3) is 3.96. The van der Waals surface area contributed by atoms with Crippen LogP contribution >= 0.6 is 11.3 Å². The minimum Gasteiger partial charge on any atom is -0.373 e. The first-order chi connectivity index (χ1) is 12.3. The molecule has 6 heteroatoms. The van der Waals surface area contributed by atoms with Gasteiger partial charge in [0.05, 0.1) is 11.0 Å². The van der Waals surface area contributed by atoms with Gasteiger partial charge in [-0.25, -0.2) is 0 Å². The Balaban J connectivity index is 1.27. The Labute approximate surface area is 152 Å². The molecule has 1 atom stereocenters. The van der Waals surface area contributed by atoms with Crippen molar-refractivity contribution >= 4 is 17.2 Å². The molecule has 134 valence electrons. The van der Waals surface area contributed by atoms with Crippen molar-refractivity contribution in [1.29, 1.82) is 0 Å². The molecule has 2 aliphatic rings. The second-order valence-electron chi connectivity index (χ2n) is 7.00. The smallest absolute Gasteiger partial charge is 0.263 e. The first-order valence-electron chi connectivity index (χ1n) is 9.27. The fourth-order valence-corrected chi connectivity index (χ4v) is 4.83. The number of rotatable bonds is 5. The summed E-state index contributed by atoms with van der Waals surface area (Å²) in [6.45, 7) is 3.56. The van der Waals surface area contributed by atoms with E-state index < -0.39 is 0 Å². The van der Waals surface area contributed by atoms with E-state index in [9.17, 15) is 4.79 Å². The molecule has 25 heavy (non-hydrogen) atoms. The van der Waals surface area contributed by atoms with Gasteiger partial charge in [-0.05, 0) is 56.2 Å². The van der Waals surface area contributed by atoms with Crippen LogP contribution in [0.5, 0.6) is 0 Å². The van der Waals surface area contributed by atoms with Crippen LogP contribution in [-0.4, -0.2) is 40.3 Å². The van der Waals surface area contributed by atoms with Crippen LogP contribution in [0.4, 0.5) is 0 Å². The van der Waals surface area contributed by atoms with Gasteiger partial charge in [-0.2, -0.15) is 5.10 Å². The number of thiophene rings is 1. The molecule has 0 N–H and O–H groups in total. The monoisotopic (exact) mass is 359 g/mol. The van der Waals surface area contributed by atoms with Gasteiger partial charge in [0, 0.05) is 43.5 Å². The van der Waals surface area contributed by atoms with E-state index in [2.05, 4.69) is 11.2 Å². The summed E-state index contributed by atoms with van der Waals surface area (Å²) in [4.78, 5) is 16.8. The Morgan fingerprint density at radius 3 is 2.88 bits per heavy atom. The number of aryl methyl sites for hydroxylation is 1. The number of likely N-dealkylation sites (tertiary alicyclic amines) is 1. The average molecular weight is 359 g/mol. The number of nitrogens with zero attached hydrogens (tertiary/aromatic N) is 3. The van der Waals surface area contributed by atoms with Crippen molar-refractivity contribution in [3.8, 4) is 0 Å². The van der Waals surface area contributed by atoms with Crippen LogP contribution in [0.1, 0.15) is 52.8 Å². The average Bonchev–Trinajstić information content (AvgIpc) is 3.42. The Bertz CT molecular complexity index is 683. The van der Waals surface area contributed by atoms with E-state index in [0.29, 0.717) is 5.92 Å². The zero-order valence-electron chi connectivity index (χ0n) is 14.5. The molecule has 0 aromatic carbocycles. The number of hydrogen-bond donors (Lipinski definition) is 0. The summed E-state index contributed by atoms with van der Waals surface area (Å²) in [5, 5.41) is 4.26. The van der Waals surface area contributed by atoms with Crippen molar-refractivity contribution in [2.75, 3.05) is 19.7 Å². The molecular formula is C19H25N3O2S. The summed E-state index contributed by atoms with van der Waals surface area (Å²) in [6.07, 6.45) is 9.58. The van der Waals surface area contributed by atoms with E-state index >= 15 is 0 Å². The lowest BCUT2D eigenvalue weighted by Gasteiger charge is -2.31. The van der Waals surface area contributed by atoms with Crippen molar-refractivity contribution < 1.29 is 9.53 Å². The van der Waals surface area contributed by atoms with Gasteiger partial charge in [-0.1, -0.05) is 0 Å². The Morgan fingerprint density at radius 2 is 2.16 bits per heavy atom. The zero-order valence-corrected chi connectivity index (χ0v) is 15.3. The lowest BCUT2D eigenvalue weighted by molar-refractivity contribution is 0.0689. The SMILES string of the molecule is O=C(c1ccc([C@H]2CCCO2)s1)N1CCC(CCn2cccn2)CC1. The molecule has 2 saturated heterocycles.